The SMILES string of the molecule is Clc1cc(CNCCCN2CCCCC2)ccc1I. The molecule has 1 saturated heterocycles. The van der Waals surface area contributed by atoms with Crippen LogP contribution in [0, 0.1) is 3.57 Å². The monoisotopic (exact) mass is 392 g/mol. The standard InChI is InChI=1S/C15H22ClIN2/c16-14-11-13(5-6-15(14)17)12-18-7-4-10-19-8-2-1-3-9-19/h5-6,11,18H,1-4,7-10,12H2. The van der Waals surface area contributed by atoms with Crippen LogP contribution in [0.5, 0.6) is 0 Å². The third-order valence-electron chi connectivity index (χ3n) is 3.59. The molecule has 19 heavy (non-hydrogen) atoms. The van der Waals surface area contributed by atoms with E-state index in [1.165, 1.54) is 50.9 Å². The molecule has 0 spiro atoms. The Hall–Kier alpha value is 0.160. The Bertz CT molecular complexity index is 392. The molecule has 0 saturated carbocycles. The van der Waals surface area contributed by atoms with E-state index in [0.29, 0.717) is 0 Å². The summed E-state index contributed by atoms with van der Waals surface area (Å²) in [6.45, 7) is 5.83. The van der Waals surface area contributed by atoms with Crippen molar-refractivity contribution in [3.63, 3.8) is 0 Å². The van der Waals surface area contributed by atoms with Gasteiger partial charge in [0, 0.05) is 10.1 Å². The van der Waals surface area contributed by atoms with Crippen LogP contribution in [0.25, 0.3) is 0 Å². The van der Waals surface area contributed by atoms with Crippen LogP contribution in [0.4, 0.5) is 0 Å². The number of nitrogens with zero attached hydrogens (tertiary/aromatic N) is 1. The third-order valence-corrected chi connectivity index (χ3v) is 5.16. The molecule has 1 aromatic carbocycles. The van der Waals surface area contributed by atoms with Gasteiger partial charge in [0.2, 0.25) is 0 Å². The highest BCUT2D eigenvalue weighted by atomic mass is 127. The quantitative estimate of drug-likeness (QED) is 0.583. The van der Waals surface area contributed by atoms with Gasteiger partial charge in [0.1, 0.15) is 0 Å². The number of piperidine rings is 1. The number of hydrogen-bond acceptors (Lipinski definition) is 2. The smallest absolute Gasteiger partial charge is 0.0542 e. The van der Waals surface area contributed by atoms with Crippen molar-refractivity contribution in [2.45, 2.75) is 32.2 Å². The Morgan fingerprint density at radius 1 is 1.21 bits per heavy atom. The lowest BCUT2D eigenvalue weighted by molar-refractivity contribution is 0.225. The van der Waals surface area contributed by atoms with Crippen LogP contribution >= 0.6 is 34.2 Å². The highest BCUT2D eigenvalue weighted by molar-refractivity contribution is 14.1. The number of benzene rings is 1. The first-order valence-corrected chi connectivity index (χ1v) is 8.58. The van der Waals surface area contributed by atoms with Crippen LogP contribution in [-0.2, 0) is 6.54 Å². The first-order chi connectivity index (χ1) is 9.25. The molecule has 1 N–H and O–H groups in total. The second kappa shape index (κ2) is 8.45. The van der Waals surface area contributed by atoms with Crippen LogP contribution < -0.4 is 5.32 Å². The Morgan fingerprint density at radius 2 is 2.00 bits per heavy atom. The van der Waals surface area contributed by atoms with Crippen LogP contribution in [0.1, 0.15) is 31.2 Å². The average Bonchev–Trinajstić information content (AvgIpc) is 2.43. The van der Waals surface area contributed by atoms with Gasteiger partial charge in [-0.1, -0.05) is 24.1 Å². The van der Waals surface area contributed by atoms with Crippen LogP contribution in [-0.4, -0.2) is 31.1 Å². The minimum atomic E-state index is 0.855. The number of rotatable bonds is 6. The molecule has 0 aliphatic carbocycles. The molecule has 0 bridgehead atoms. The van der Waals surface area contributed by atoms with Gasteiger partial charge in [0.25, 0.3) is 0 Å². The molecule has 4 heteroatoms. The summed E-state index contributed by atoms with van der Waals surface area (Å²) in [4.78, 5) is 2.59. The lowest BCUT2D eigenvalue weighted by atomic mass is 10.1. The summed E-state index contributed by atoms with van der Waals surface area (Å²) in [7, 11) is 0. The molecule has 1 aliphatic rings. The Labute approximate surface area is 135 Å². The number of halogens is 2. The summed E-state index contributed by atoms with van der Waals surface area (Å²) >= 11 is 8.37. The van der Waals surface area contributed by atoms with Gasteiger partial charge in [-0.05, 0) is 85.7 Å². The molecule has 106 valence electrons. The maximum atomic E-state index is 6.11. The molecule has 0 amide bonds. The molecular formula is C15H22ClIN2. The number of likely N-dealkylation sites (tertiary alicyclic amines) is 1. The maximum absolute atomic E-state index is 6.11. The first kappa shape index (κ1) is 15.5. The number of hydrogen-bond donors (Lipinski definition) is 1. The average molecular weight is 393 g/mol. The van der Waals surface area contributed by atoms with Crippen molar-refractivity contribution in [1.82, 2.24) is 10.2 Å². The fourth-order valence-electron chi connectivity index (χ4n) is 2.49. The summed E-state index contributed by atoms with van der Waals surface area (Å²) in [5.41, 5.74) is 1.27. The second-order valence-corrected chi connectivity index (χ2v) is 6.75. The Balaban J connectivity index is 1.59. The molecule has 2 nitrogen and oxygen atoms in total. The van der Waals surface area contributed by atoms with Crippen molar-refractivity contribution in [1.29, 1.82) is 0 Å². The molecule has 1 fully saturated rings. The molecular weight excluding hydrogens is 371 g/mol. The van der Waals surface area contributed by atoms with Gasteiger partial charge in [0.05, 0.1) is 5.02 Å². The van der Waals surface area contributed by atoms with Crippen LogP contribution in [0.2, 0.25) is 5.02 Å². The Morgan fingerprint density at radius 3 is 2.74 bits per heavy atom. The molecule has 1 heterocycles. The van der Waals surface area contributed by atoms with Gasteiger partial charge in [-0.25, -0.2) is 0 Å². The summed E-state index contributed by atoms with van der Waals surface area (Å²) in [5, 5.41) is 4.36. The topological polar surface area (TPSA) is 15.3 Å². The van der Waals surface area contributed by atoms with E-state index in [-0.39, 0.29) is 0 Å². The molecule has 1 aromatic rings. The third kappa shape index (κ3) is 5.58. The summed E-state index contributed by atoms with van der Waals surface area (Å²) in [6.07, 6.45) is 5.42. The minimum absolute atomic E-state index is 0.855. The molecule has 0 aromatic heterocycles. The summed E-state index contributed by atoms with van der Waals surface area (Å²) in [5.74, 6) is 0. The van der Waals surface area contributed by atoms with E-state index in [0.717, 1.165) is 21.7 Å². The fraction of sp³-hybridized carbons (Fsp3) is 0.600. The Kier molecular flexibility index (Phi) is 6.91. The van der Waals surface area contributed by atoms with Crippen molar-refractivity contribution in [2.75, 3.05) is 26.2 Å². The van der Waals surface area contributed by atoms with Crippen molar-refractivity contribution in [3.05, 3.63) is 32.4 Å². The van der Waals surface area contributed by atoms with Gasteiger partial charge in [0.15, 0.2) is 0 Å². The summed E-state index contributed by atoms with van der Waals surface area (Å²) in [6, 6.07) is 6.28. The van der Waals surface area contributed by atoms with Crippen molar-refractivity contribution in [3.8, 4) is 0 Å². The van der Waals surface area contributed by atoms with E-state index in [1.54, 1.807) is 0 Å². The van der Waals surface area contributed by atoms with Gasteiger partial charge in [-0.15, -0.1) is 0 Å². The molecule has 2 rings (SSSR count). The zero-order chi connectivity index (χ0) is 13.5. The highest BCUT2D eigenvalue weighted by Gasteiger charge is 2.08. The zero-order valence-corrected chi connectivity index (χ0v) is 14.2. The van der Waals surface area contributed by atoms with Gasteiger partial charge in [-0.2, -0.15) is 0 Å². The van der Waals surface area contributed by atoms with Crippen LogP contribution in [0.3, 0.4) is 0 Å². The van der Waals surface area contributed by atoms with E-state index in [1.807, 2.05) is 0 Å². The molecule has 0 atom stereocenters. The van der Waals surface area contributed by atoms with E-state index < -0.39 is 0 Å². The lowest BCUT2D eigenvalue weighted by Gasteiger charge is -2.26. The molecule has 1 aliphatic heterocycles. The second-order valence-electron chi connectivity index (χ2n) is 5.18. The zero-order valence-electron chi connectivity index (χ0n) is 11.3. The summed E-state index contributed by atoms with van der Waals surface area (Å²) < 4.78 is 1.12. The van der Waals surface area contributed by atoms with Crippen molar-refractivity contribution >= 4 is 34.2 Å². The van der Waals surface area contributed by atoms with Crippen molar-refractivity contribution in [2.24, 2.45) is 0 Å². The van der Waals surface area contributed by atoms with E-state index >= 15 is 0 Å². The van der Waals surface area contributed by atoms with Gasteiger partial charge >= 0.3 is 0 Å². The fourth-order valence-corrected chi connectivity index (χ4v) is 3.03. The largest absolute Gasteiger partial charge is 0.313 e. The van der Waals surface area contributed by atoms with Crippen LogP contribution in [0.15, 0.2) is 18.2 Å². The molecule has 0 radical (unpaired) electrons. The van der Waals surface area contributed by atoms with Crippen molar-refractivity contribution < 1.29 is 0 Å². The van der Waals surface area contributed by atoms with Gasteiger partial charge < -0.3 is 10.2 Å². The van der Waals surface area contributed by atoms with E-state index in [9.17, 15) is 0 Å². The van der Waals surface area contributed by atoms with Gasteiger partial charge in [-0.3, -0.25) is 0 Å². The lowest BCUT2D eigenvalue weighted by Crippen LogP contribution is -2.32. The number of nitrogens with one attached hydrogen (secondary N) is 1. The predicted octanol–water partition coefficient (Wildman–Crippen LogP) is 3.91. The highest BCUT2D eigenvalue weighted by Crippen LogP contribution is 2.19. The van der Waals surface area contributed by atoms with E-state index in [2.05, 4.69) is 51.0 Å². The van der Waals surface area contributed by atoms with E-state index in [4.69, 9.17) is 11.6 Å². The normalized spacial score (nSPS) is 16.7. The predicted molar refractivity (Wildman–Crippen MR) is 90.8 cm³/mol. The minimum Gasteiger partial charge on any atom is -0.313 e. The maximum Gasteiger partial charge on any atom is 0.0542 e. The molecule has 0 unspecified atom stereocenters. The first-order valence-electron chi connectivity index (χ1n) is 7.13.